The van der Waals surface area contributed by atoms with Crippen LogP contribution in [0.2, 0.25) is 0 Å². The van der Waals surface area contributed by atoms with Crippen LogP contribution in [-0.2, 0) is 6.54 Å². The molecule has 0 fully saturated rings. The Balaban J connectivity index is 2.22. The lowest BCUT2D eigenvalue weighted by Crippen LogP contribution is -2.04. The van der Waals surface area contributed by atoms with Crippen LogP contribution in [0.5, 0.6) is 5.75 Å². The Morgan fingerprint density at radius 3 is 2.67 bits per heavy atom. The molecule has 0 aromatic heterocycles. The molecule has 0 aliphatic heterocycles. The normalized spacial score (nSPS) is 10.2. The molecule has 0 heterocycles. The molecule has 0 saturated heterocycles. The van der Waals surface area contributed by atoms with Gasteiger partial charge in [-0.3, -0.25) is 10.1 Å². The minimum absolute atomic E-state index is 0.00317. The van der Waals surface area contributed by atoms with Gasteiger partial charge in [-0.2, -0.15) is 0 Å². The molecule has 0 unspecified atom stereocenters. The van der Waals surface area contributed by atoms with Gasteiger partial charge in [-0.15, -0.1) is 0 Å². The van der Waals surface area contributed by atoms with Gasteiger partial charge in [-0.1, -0.05) is 0 Å². The number of nitrogens with one attached hydrogen (secondary N) is 1. The summed E-state index contributed by atoms with van der Waals surface area (Å²) in [5, 5.41) is 13.9. The second-order valence-electron chi connectivity index (χ2n) is 4.57. The molecule has 2 aromatic rings. The summed E-state index contributed by atoms with van der Waals surface area (Å²) in [4.78, 5) is 10.4. The molecule has 0 atom stereocenters. The van der Waals surface area contributed by atoms with Crippen molar-refractivity contribution in [3.8, 4) is 5.75 Å². The van der Waals surface area contributed by atoms with E-state index in [9.17, 15) is 14.5 Å². The molecule has 0 aliphatic carbocycles. The van der Waals surface area contributed by atoms with E-state index in [2.05, 4.69) is 5.32 Å². The van der Waals surface area contributed by atoms with Gasteiger partial charge in [-0.25, -0.2) is 4.39 Å². The third kappa shape index (κ3) is 3.47. The highest BCUT2D eigenvalue weighted by Gasteiger charge is 2.11. The first-order chi connectivity index (χ1) is 10.0. The first kappa shape index (κ1) is 14.8. The van der Waals surface area contributed by atoms with Gasteiger partial charge in [0.1, 0.15) is 11.6 Å². The van der Waals surface area contributed by atoms with Gasteiger partial charge in [0, 0.05) is 29.9 Å². The number of nitrogens with zero attached hydrogens (tertiary/aromatic N) is 1. The van der Waals surface area contributed by atoms with Gasteiger partial charge in [0.25, 0.3) is 5.69 Å². The van der Waals surface area contributed by atoms with E-state index >= 15 is 0 Å². The van der Waals surface area contributed by atoms with E-state index in [0.29, 0.717) is 17.9 Å². The highest BCUT2D eigenvalue weighted by Crippen LogP contribution is 2.25. The van der Waals surface area contributed by atoms with Gasteiger partial charge in [0.2, 0.25) is 0 Å². The fraction of sp³-hybridized carbons (Fsp3) is 0.200. The Labute approximate surface area is 121 Å². The molecule has 6 heteroatoms. The largest absolute Gasteiger partial charge is 0.496 e. The summed E-state index contributed by atoms with van der Waals surface area (Å²) in [7, 11) is 1.51. The zero-order valence-electron chi connectivity index (χ0n) is 11.7. The number of halogens is 1. The van der Waals surface area contributed by atoms with Gasteiger partial charge in [0.15, 0.2) is 0 Å². The summed E-state index contributed by atoms with van der Waals surface area (Å²) >= 11 is 0. The Morgan fingerprint density at radius 2 is 2.05 bits per heavy atom. The number of anilines is 1. The molecule has 5 nitrogen and oxygen atoms in total. The van der Waals surface area contributed by atoms with Crippen molar-refractivity contribution in [2.45, 2.75) is 13.5 Å². The molecule has 0 bridgehead atoms. The number of benzene rings is 2. The Hall–Kier alpha value is -2.63. The van der Waals surface area contributed by atoms with Crippen molar-refractivity contribution >= 4 is 11.4 Å². The number of nitro groups is 1. The van der Waals surface area contributed by atoms with Crippen molar-refractivity contribution < 1.29 is 14.1 Å². The molecule has 0 saturated carbocycles. The second kappa shape index (κ2) is 6.21. The maximum atomic E-state index is 13.0. The van der Waals surface area contributed by atoms with Gasteiger partial charge >= 0.3 is 0 Å². The van der Waals surface area contributed by atoms with E-state index < -0.39 is 4.92 Å². The first-order valence-corrected chi connectivity index (χ1v) is 6.32. The zero-order valence-corrected chi connectivity index (χ0v) is 11.7. The summed E-state index contributed by atoms with van der Waals surface area (Å²) < 4.78 is 18.2. The van der Waals surface area contributed by atoms with Crippen molar-refractivity contribution in [3.63, 3.8) is 0 Å². The maximum absolute atomic E-state index is 13.0. The van der Waals surface area contributed by atoms with Crippen molar-refractivity contribution in [3.05, 3.63) is 63.5 Å². The van der Waals surface area contributed by atoms with Crippen LogP contribution in [0.1, 0.15) is 11.1 Å². The Morgan fingerprint density at radius 1 is 1.29 bits per heavy atom. The molecule has 2 aromatic carbocycles. The van der Waals surface area contributed by atoms with Crippen LogP contribution in [0.3, 0.4) is 0 Å². The lowest BCUT2D eigenvalue weighted by molar-refractivity contribution is -0.384. The number of aryl methyl sites for hydroxylation is 1. The van der Waals surface area contributed by atoms with Gasteiger partial charge < -0.3 is 10.1 Å². The van der Waals surface area contributed by atoms with Gasteiger partial charge in [-0.05, 0) is 36.8 Å². The number of nitro benzene ring substituents is 1. The van der Waals surface area contributed by atoms with E-state index in [0.717, 1.165) is 11.3 Å². The van der Waals surface area contributed by atoms with Crippen LogP contribution in [0.4, 0.5) is 15.8 Å². The topological polar surface area (TPSA) is 64.4 Å². The average molecular weight is 290 g/mol. The number of ether oxygens (including phenoxy) is 1. The van der Waals surface area contributed by atoms with Crippen LogP contribution in [0.15, 0.2) is 36.4 Å². The summed E-state index contributed by atoms with van der Waals surface area (Å²) in [6.45, 7) is 2.13. The molecule has 0 aliphatic rings. The first-order valence-electron chi connectivity index (χ1n) is 6.32. The molecule has 0 amide bonds. The quantitative estimate of drug-likeness (QED) is 0.674. The van der Waals surface area contributed by atoms with E-state index in [1.54, 1.807) is 19.1 Å². The predicted octanol–water partition coefficient (Wildman–Crippen LogP) is 3.66. The summed E-state index contributed by atoms with van der Waals surface area (Å²) in [6.07, 6.45) is 0. The van der Waals surface area contributed by atoms with Crippen LogP contribution in [-0.4, -0.2) is 12.0 Å². The minimum Gasteiger partial charge on any atom is -0.496 e. The fourth-order valence-corrected chi connectivity index (χ4v) is 2.03. The molecule has 2 rings (SSSR count). The third-order valence-electron chi connectivity index (χ3n) is 3.13. The molecular weight excluding hydrogens is 275 g/mol. The number of methoxy groups -OCH3 is 1. The SMILES string of the molecule is COc1ccc([N+](=O)[O-])cc1CNc1ccc(F)cc1C. The number of hydrogen-bond donors (Lipinski definition) is 1. The van der Waals surface area contributed by atoms with Crippen molar-refractivity contribution in [1.82, 2.24) is 0 Å². The van der Waals surface area contributed by atoms with Crippen LogP contribution in [0.25, 0.3) is 0 Å². The molecule has 0 spiro atoms. The summed E-state index contributed by atoms with van der Waals surface area (Å²) in [5.74, 6) is 0.263. The standard InChI is InChI=1S/C15H15FN2O3/c1-10-7-12(16)3-5-14(10)17-9-11-8-13(18(19)20)4-6-15(11)21-2/h3-8,17H,9H2,1-2H3. The van der Waals surface area contributed by atoms with Crippen LogP contribution < -0.4 is 10.1 Å². The number of hydrogen-bond acceptors (Lipinski definition) is 4. The third-order valence-corrected chi connectivity index (χ3v) is 3.13. The highest BCUT2D eigenvalue weighted by molar-refractivity contribution is 5.52. The predicted molar refractivity (Wildman–Crippen MR) is 78.1 cm³/mol. The van der Waals surface area contributed by atoms with E-state index in [1.807, 2.05) is 0 Å². The summed E-state index contributed by atoms with van der Waals surface area (Å²) in [6, 6.07) is 8.84. The Kier molecular flexibility index (Phi) is 4.37. The van der Waals surface area contributed by atoms with Gasteiger partial charge in [0.05, 0.1) is 12.0 Å². The Bertz CT molecular complexity index is 674. The van der Waals surface area contributed by atoms with Crippen LogP contribution in [0, 0.1) is 22.9 Å². The maximum Gasteiger partial charge on any atom is 0.270 e. The fourth-order valence-electron chi connectivity index (χ4n) is 2.03. The monoisotopic (exact) mass is 290 g/mol. The molecule has 0 radical (unpaired) electrons. The lowest BCUT2D eigenvalue weighted by Gasteiger charge is -2.12. The summed E-state index contributed by atoms with van der Waals surface area (Å²) in [5.41, 5.74) is 2.20. The second-order valence-corrected chi connectivity index (χ2v) is 4.57. The number of rotatable bonds is 5. The number of non-ortho nitro benzene ring substituents is 1. The minimum atomic E-state index is -0.452. The van der Waals surface area contributed by atoms with Crippen molar-refractivity contribution in [2.75, 3.05) is 12.4 Å². The molecule has 1 N–H and O–H groups in total. The van der Waals surface area contributed by atoms with Crippen LogP contribution >= 0.6 is 0 Å². The average Bonchev–Trinajstić information content (AvgIpc) is 2.46. The zero-order chi connectivity index (χ0) is 15.4. The van der Waals surface area contributed by atoms with E-state index in [-0.39, 0.29) is 11.5 Å². The molecular formula is C15H15FN2O3. The lowest BCUT2D eigenvalue weighted by atomic mass is 10.1. The smallest absolute Gasteiger partial charge is 0.270 e. The highest BCUT2D eigenvalue weighted by atomic mass is 19.1. The van der Waals surface area contributed by atoms with Crippen molar-refractivity contribution in [2.24, 2.45) is 0 Å². The molecule has 21 heavy (non-hydrogen) atoms. The van der Waals surface area contributed by atoms with E-state index in [1.165, 1.54) is 31.4 Å². The van der Waals surface area contributed by atoms with E-state index in [4.69, 9.17) is 4.74 Å². The molecule has 110 valence electrons. The van der Waals surface area contributed by atoms with Crippen molar-refractivity contribution in [1.29, 1.82) is 0 Å².